The third-order valence-corrected chi connectivity index (χ3v) is 6.16. The van der Waals surface area contributed by atoms with E-state index < -0.39 is 21.1 Å². The van der Waals surface area contributed by atoms with Crippen molar-refractivity contribution in [2.45, 2.75) is 24.0 Å². The van der Waals surface area contributed by atoms with Crippen molar-refractivity contribution in [3.63, 3.8) is 0 Å². The largest absolute Gasteiger partial charge is 0.465 e. The predicted octanol–water partition coefficient (Wildman–Crippen LogP) is 2.51. The fourth-order valence-corrected chi connectivity index (χ4v) is 4.33. The molecule has 0 aliphatic heterocycles. The van der Waals surface area contributed by atoms with Crippen molar-refractivity contribution in [1.29, 1.82) is 0 Å². The highest BCUT2D eigenvalue weighted by molar-refractivity contribution is 7.92. The Labute approximate surface area is 121 Å². The van der Waals surface area contributed by atoms with E-state index in [2.05, 4.69) is 0 Å². The van der Waals surface area contributed by atoms with Crippen LogP contribution >= 0.6 is 11.3 Å². The lowest BCUT2D eigenvalue weighted by Crippen LogP contribution is -2.16. The zero-order chi connectivity index (χ0) is 14.9. The van der Waals surface area contributed by atoms with Gasteiger partial charge < -0.3 is 9.30 Å². The van der Waals surface area contributed by atoms with Gasteiger partial charge in [-0.3, -0.25) is 0 Å². The van der Waals surface area contributed by atoms with E-state index in [1.807, 2.05) is 0 Å². The molecule has 0 spiro atoms. The Bertz CT molecular complexity index is 712. The summed E-state index contributed by atoms with van der Waals surface area (Å²) in [5.41, 5.74) is 0.362. The number of methoxy groups -OCH3 is 1. The van der Waals surface area contributed by atoms with E-state index in [4.69, 9.17) is 4.74 Å². The van der Waals surface area contributed by atoms with Gasteiger partial charge in [0, 0.05) is 17.8 Å². The average Bonchev–Trinajstić information content (AvgIpc) is 3.05. The van der Waals surface area contributed by atoms with Gasteiger partial charge in [0.1, 0.15) is 9.77 Å². The van der Waals surface area contributed by atoms with E-state index in [0.29, 0.717) is 5.69 Å². The number of nitrogens with zero attached hydrogens (tertiary/aromatic N) is 1. The van der Waals surface area contributed by atoms with Crippen molar-refractivity contribution in [2.75, 3.05) is 7.11 Å². The summed E-state index contributed by atoms with van der Waals surface area (Å²) in [6, 6.07) is 3.54. The molecule has 0 saturated heterocycles. The van der Waals surface area contributed by atoms with E-state index in [9.17, 15) is 13.2 Å². The number of hydrogen-bond acceptors (Lipinski definition) is 5. The third-order valence-electron chi connectivity index (χ3n) is 2.89. The lowest BCUT2D eigenvalue weighted by atomic mass is 10.4. The summed E-state index contributed by atoms with van der Waals surface area (Å²) < 4.78 is 31.2. The predicted molar refractivity (Wildman–Crippen MR) is 77.3 cm³/mol. The minimum Gasteiger partial charge on any atom is -0.465 e. The van der Waals surface area contributed by atoms with Crippen LogP contribution in [0.25, 0.3) is 5.69 Å². The Morgan fingerprint density at radius 2 is 1.90 bits per heavy atom. The van der Waals surface area contributed by atoms with Crippen LogP contribution in [0, 0.1) is 0 Å². The SMILES string of the molecule is COC(=O)c1scc(S(=O)(=O)C(C)C)c1-n1cccc1. The first-order valence-corrected chi connectivity index (χ1v) is 8.39. The van der Waals surface area contributed by atoms with E-state index >= 15 is 0 Å². The van der Waals surface area contributed by atoms with Crippen molar-refractivity contribution in [3.05, 3.63) is 34.8 Å². The average molecular weight is 313 g/mol. The molecule has 2 rings (SSSR count). The Morgan fingerprint density at radius 3 is 2.40 bits per heavy atom. The third kappa shape index (κ3) is 2.38. The van der Waals surface area contributed by atoms with Crippen LogP contribution < -0.4 is 0 Å². The summed E-state index contributed by atoms with van der Waals surface area (Å²) in [6.45, 7) is 3.23. The molecule has 0 bridgehead atoms. The number of carbonyl (C=O) groups is 1. The number of carbonyl (C=O) groups excluding carboxylic acids is 1. The highest BCUT2D eigenvalue weighted by Crippen LogP contribution is 2.33. The summed E-state index contributed by atoms with van der Waals surface area (Å²) >= 11 is 1.08. The second-order valence-corrected chi connectivity index (χ2v) is 7.81. The maximum absolute atomic E-state index is 12.4. The van der Waals surface area contributed by atoms with Crippen molar-refractivity contribution in [3.8, 4) is 5.69 Å². The van der Waals surface area contributed by atoms with Gasteiger partial charge in [0.2, 0.25) is 0 Å². The molecule has 0 amide bonds. The maximum Gasteiger partial charge on any atom is 0.350 e. The number of rotatable bonds is 4. The molecule has 0 aromatic carbocycles. The van der Waals surface area contributed by atoms with Crippen LogP contribution in [-0.2, 0) is 14.6 Å². The van der Waals surface area contributed by atoms with Crippen LogP contribution in [0.15, 0.2) is 34.8 Å². The van der Waals surface area contributed by atoms with Crippen LogP contribution in [0.5, 0.6) is 0 Å². The van der Waals surface area contributed by atoms with Crippen LogP contribution in [-0.4, -0.2) is 31.3 Å². The number of aromatic nitrogens is 1. The number of thiophene rings is 1. The molecule has 0 aliphatic rings. The molecule has 2 heterocycles. The van der Waals surface area contributed by atoms with E-state index in [1.165, 1.54) is 12.5 Å². The van der Waals surface area contributed by atoms with Gasteiger partial charge in [-0.05, 0) is 26.0 Å². The molecule has 0 aliphatic carbocycles. The van der Waals surface area contributed by atoms with Gasteiger partial charge in [-0.15, -0.1) is 11.3 Å². The van der Waals surface area contributed by atoms with Gasteiger partial charge in [0.15, 0.2) is 9.84 Å². The molecule has 20 heavy (non-hydrogen) atoms. The van der Waals surface area contributed by atoms with Gasteiger partial charge in [0.25, 0.3) is 0 Å². The summed E-state index contributed by atoms with van der Waals surface area (Å²) in [5.74, 6) is -0.538. The van der Waals surface area contributed by atoms with Crippen molar-refractivity contribution in [2.24, 2.45) is 0 Å². The Hall–Kier alpha value is -1.60. The zero-order valence-corrected chi connectivity index (χ0v) is 13.0. The van der Waals surface area contributed by atoms with E-state index in [1.54, 1.807) is 42.9 Å². The molecule has 2 aromatic rings. The fraction of sp³-hybridized carbons (Fsp3) is 0.308. The highest BCUT2D eigenvalue weighted by atomic mass is 32.2. The first kappa shape index (κ1) is 14.8. The molecule has 0 unspecified atom stereocenters. The first-order chi connectivity index (χ1) is 9.39. The molecule has 0 atom stereocenters. The lowest BCUT2D eigenvalue weighted by Gasteiger charge is -2.11. The van der Waals surface area contributed by atoms with Gasteiger partial charge in [-0.2, -0.15) is 0 Å². The molecule has 0 saturated carbocycles. The normalized spacial score (nSPS) is 11.8. The highest BCUT2D eigenvalue weighted by Gasteiger charge is 2.29. The second kappa shape index (κ2) is 5.41. The van der Waals surface area contributed by atoms with Crippen LogP contribution in [0.3, 0.4) is 0 Å². The quantitative estimate of drug-likeness (QED) is 0.814. The van der Waals surface area contributed by atoms with Crippen LogP contribution in [0.2, 0.25) is 0 Å². The number of ether oxygens (including phenoxy) is 1. The molecule has 2 aromatic heterocycles. The second-order valence-electron chi connectivity index (χ2n) is 4.45. The summed E-state index contributed by atoms with van der Waals surface area (Å²) in [6.07, 6.45) is 3.40. The number of esters is 1. The zero-order valence-electron chi connectivity index (χ0n) is 11.4. The van der Waals surface area contributed by atoms with Gasteiger partial charge in [0.05, 0.1) is 18.0 Å². The summed E-state index contributed by atoms with van der Waals surface area (Å²) in [4.78, 5) is 12.3. The number of hydrogen-bond donors (Lipinski definition) is 0. The molecular formula is C13H15NO4S2. The Balaban J connectivity index is 2.73. The molecule has 7 heteroatoms. The Kier molecular flexibility index (Phi) is 4.01. The van der Waals surface area contributed by atoms with Gasteiger partial charge >= 0.3 is 5.97 Å². The van der Waals surface area contributed by atoms with E-state index in [0.717, 1.165) is 11.3 Å². The first-order valence-electron chi connectivity index (χ1n) is 5.96. The smallest absolute Gasteiger partial charge is 0.350 e. The molecule has 108 valence electrons. The molecule has 5 nitrogen and oxygen atoms in total. The monoisotopic (exact) mass is 313 g/mol. The maximum atomic E-state index is 12.4. The molecule has 0 fully saturated rings. The lowest BCUT2D eigenvalue weighted by molar-refractivity contribution is 0.0606. The topological polar surface area (TPSA) is 65.4 Å². The standard InChI is InChI=1S/C13H15NO4S2/c1-9(2)20(16,17)10-8-19-12(13(15)18-3)11(10)14-6-4-5-7-14/h4-9H,1-3H3. The molecule has 0 N–H and O–H groups in total. The van der Waals surface area contributed by atoms with Crippen molar-refractivity contribution >= 4 is 27.1 Å². The Morgan fingerprint density at radius 1 is 1.30 bits per heavy atom. The summed E-state index contributed by atoms with van der Waals surface area (Å²) in [5, 5.41) is 0.939. The molecular weight excluding hydrogens is 298 g/mol. The molecule has 0 radical (unpaired) electrons. The van der Waals surface area contributed by atoms with Crippen molar-refractivity contribution < 1.29 is 17.9 Å². The van der Waals surface area contributed by atoms with Gasteiger partial charge in [-0.1, -0.05) is 0 Å². The van der Waals surface area contributed by atoms with Crippen LogP contribution in [0.4, 0.5) is 0 Å². The van der Waals surface area contributed by atoms with E-state index in [-0.39, 0.29) is 9.77 Å². The summed E-state index contributed by atoms with van der Waals surface area (Å²) in [7, 11) is -2.20. The number of sulfone groups is 1. The minimum atomic E-state index is -3.47. The van der Waals surface area contributed by atoms with Crippen molar-refractivity contribution in [1.82, 2.24) is 4.57 Å². The van der Waals surface area contributed by atoms with Crippen LogP contribution in [0.1, 0.15) is 23.5 Å². The minimum absolute atomic E-state index is 0.161. The fourth-order valence-electron chi connectivity index (χ4n) is 1.76. The van der Waals surface area contributed by atoms with Gasteiger partial charge in [-0.25, -0.2) is 13.2 Å².